The largest absolute Gasteiger partial charge is 0.513 e. The number of Topliss-reactive ketones (excluding diaryl/α,β-unsaturated/α-hetero) is 1. The molecule has 1 unspecified atom stereocenters. The summed E-state index contributed by atoms with van der Waals surface area (Å²) in [4.78, 5) is 11.5. The van der Waals surface area contributed by atoms with Gasteiger partial charge in [0.05, 0.1) is 5.70 Å². The maximum absolute atomic E-state index is 11.5. The van der Waals surface area contributed by atoms with E-state index in [1.807, 2.05) is 0 Å². The first kappa shape index (κ1) is 7.00. The zero-order valence-electron chi connectivity index (χ0n) is 6.91. The van der Waals surface area contributed by atoms with E-state index in [0.717, 1.165) is 19.1 Å². The third-order valence-electron chi connectivity index (χ3n) is 2.74. The molecule has 0 amide bonds. The van der Waals surface area contributed by atoms with E-state index in [9.17, 15) is 4.79 Å². The van der Waals surface area contributed by atoms with Gasteiger partial charge in [0.25, 0.3) is 11.5 Å². The van der Waals surface area contributed by atoms with Crippen LogP contribution in [0.2, 0.25) is 0 Å². The molecule has 2 N–H and O–H groups in total. The topological polar surface area (TPSA) is 58.6 Å². The minimum atomic E-state index is -0.821. The predicted octanol–water partition coefficient (Wildman–Crippen LogP) is 0.578. The van der Waals surface area contributed by atoms with Crippen molar-refractivity contribution >= 4 is 5.78 Å². The van der Waals surface area contributed by atoms with Crippen molar-refractivity contribution in [2.75, 3.05) is 0 Å². The second kappa shape index (κ2) is 1.89. The summed E-state index contributed by atoms with van der Waals surface area (Å²) in [7, 11) is 0. The van der Waals surface area contributed by atoms with E-state index in [4.69, 9.17) is 9.84 Å². The third-order valence-corrected chi connectivity index (χ3v) is 2.74. The normalized spacial score (nSPS) is 38.9. The van der Waals surface area contributed by atoms with Gasteiger partial charge in [-0.05, 0) is 12.8 Å². The minimum absolute atomic E-state index is 0.0283. The molecule has 0 radical (unpaired) electrons. The molecule has 4 nitrogen and oxygen atoms in total. The highest BCUT2D eigenvalue weighted by Gasteiger charge is 2.64. The highest BCUT2D eigenvalue weighted by molar-refractivity contribution is 6.07. The molecule has 1 atom stereocenters. The highest BCUT2D eigenvalue weighted by atomic mass is 16.6. The first-order valence-corrected chi connectivity index (χ1v) is 4.34. The van der Waals surface area contributed by atoms with E-state index < -0.39 is 5.72 Å². The van der Waals surface area contributed by atoms with Crippen LogP contribution in [0, 0.1) is 5.92 Å². The second-order valence-electron chi connectivity index (χ2n) is 3.66. The molecule has 1 saturated heterocycles. The maximum atomic E-state index is 11.5. The van der Waals surface area contributed by atoms with Crippen LogP contribution in [-0.2, 0) is 9.53 Å². The summed E-state index contributed by atoms with van der Waals surface area (Å²) in [5, 5.41) is 11.7. The molecule has 1 aliphatic carbocycles. The fourth-order valence-electron chi connectivity index (χ4n) is 1.90. The number of hydrogen-bond acceptors (Lipinski definition) is 4. The fourth-order valence-corrected chi connectivity index (χ4v) is 1.90. The molecule has 0 aromatic carbocycles. The van der Waals surface area contributed by atoms with E-state index >= 15 is 0 Å². The summed E-state index contributed by atoms with van der Waals surface area (Å²) in [6.45, 7) is 0. The van der Waals surface area contributed by atoms with Crippen LogP contribution in [0.5, 0.6) is 0 Å². The van der Waals surface area contributed by atoms with E-state index in [1.54, 1.807) is 0 Å². The van der Waals surface area contributed by atoms with Crippen molar-refractivity contribution in [3.63, 3.8) is 0 Å². The molecule has 4 rings (SSSR count). The van der Waals surface area contributed by atoms with Crippen LogP contribution in [-0.4, -0.2) is 16.6 Å². The van der Waals surface area contributed by atoms with Gasteiger partial charge in [-0.1, -0.05) is 0 Å². The molecule has 0 spiro atoms. The quantitative estimate of drug-likeness (QED) is 0.578. The number of nitrogens with one attached hydrogen (secondary N) is 1. The van der Waals surface area contributed by atoms with Gasteiger partial charge >= 0.3 is 0 Å². The number of aliphatic hydroxyl groups is 1. The lowest BCUT2D eigenvalue weighted by molar-refractivity contribution is -0.172. The fraction of sp³-hybridized carbons (Fsp3) is 0.444. The lowest BCUT2D eigenvalue weighted by Gasteiger charge is -2.46. The first-order valence-electron chi connectivity index (χ1n) is 4.34. The number of aliphatic hydroxyl groups excluding tert-OH is 1. The van der Waals surface area contributed by atoms with E-state index in [1.165, 1.54) is 6.08 Å². The van der Waals surface area contributed by atoms with Crippen molar-refractivity contribution < 1.29 is 14.6 Å². The molecular weight excluding hydrogens is 170 g/mol. The average molecular weight is 179 g/mol. The van der Waals surface area contributed by atoms with Gasteiger partial charge in [0.15, 0.2) is 5.76 Å². The maximum Gasteiger partial charge on any atom is 0.262 e. The summed E-state index contributed by atoms with van der Waals surface area (Å²) < 4.78 is 5.38. The van der Waals surface area contributed by atoms with Gasteiger partial charge in [0.1, 0.15) is 6.26 Å². The van der Waals surface area contributed by atoms with Gasteiger partial charge in [-0.15, -0.1) is 0 Å². The minimum Gasteiger partial charge on any atom is -0.513 e. The van der Waals surface area contributed by atoms with Crippen molar-refractivity contribution in [1.82, 2.24) is 5.32 Å². The van der Waals surface area contributed by atoms with Crippen LogP contribution in [0.4, 0.5) is 0 Å². The van der Waals surface area contributed by atoms with Crippen LogP contribution in [0.1, 0.15) is 12.8 Å². The van der Waals surface area contributed by atoms with Gasteiger partial charge in [-0.25, -0.2) is 0 Å². The standard InChI is InChI=1S/C9H9NO3/c11-4-6-3-7-8(12)9(10-6,13-7)5-1-2-5/h3-5,10-11H,1-2H2. The second-order valence-corrected chi connectivity index (χ2v) is 3.66. The number of carbonyl (C=O) groups is 1. The summed E-state index contributed by atoms with van der Waals surface area (Å²) in [5.41, 5.74) is -0.258. The Kier molecular flexibility index (Phi) is 1.02. The van der Waals surface area contributed by atoms with Crippen LogP contribution in [0.3, 0.4) is 0 Å². The smallest absolute Gasteiger partial charge is 0.262 e. The van der Waals surface area contributed by atoms with Crippen molar-refractivity contribution in [2.24, 2.45) is 5.92 Å². The monoisotopic (exact) mass is 179 g/mol. The summed E-state index contributed by atoms with van der Waals surface area (Å²) in [6.07, 6.45) is 4.52. The van der Waals surface area contributed by atoms with Crippen molar-refractivity contribution in [1.29, 1.82) is 0 Å². The molecule has 1 saturated carbocycles. The molecule has 3 aliphatic heterocycles. The molecule has 0 aromatic rings. The van der Waals surface area contributed by atoms with Crippen molar-refractivity contribution in [3.05, 3.63) is 23.8 Å². The Balaban J connectivity index is 2.02. The van der Waals surface area contributed by atoms with Gasteiger partial charge in [-0.3, -0.25) is 4.79 Å². The van der Waals surface area contributed by atoms with Gasteiger partial charge < -0.3 is 15.2 Å². The Morgan fingerprint density at radius 1 is 1.69 bits per heavy atom. The van der Waals surface area contributed by atoms with Crippen LogP contribution >= 0.6 is 0 Å². The molecule has 13 heavy (non-hydrogen) atoms. The third kappa shape index (κ3) is 0.685. The van der Waals surface area contributed by atoms with E-state index in [2.05, 4.69) is 5.32 Å². The average Bonchev–Trinajstić information content (AvgIpc) is 3.00. The van der Waals surface area contributed by atoms with Gasteiger partial charge in [0, 0.05) is 12.0 Å². The number of hydrogen-bond donors (Lipinski definition) is 2. The molecule has 4 heteroatoms. The zero-order chi connectivity index (χ0) is 9.05. The molecular formula is C9H9NO3. The molecule has 4 aliphatic rings. The van der Waals surface area contributed by atoms with Crippen LogP contribution < -0.4 is 5.32 Å². The summed E-state index contributed by atoms with van der Waals surface area (Å²) in [5.74, 6) is 0.680. The summed E-state index contributed by atoms with van der Waals surface area (Å²) >= 11 is 0. The number of fused-ring (bicyclic) bond motifs is 2. The van der Waals surface area contributed by atoms with Crippen LogP contribution in [0.25, 0.3) is 0 Å². The lowest BCUT2D eigenvalue weighted by Crippen LogP contribution is -2.66. The SMILES string of the molecule is O=C1C2=CC(=CO)NC1(C1CC1)O2. The van der Waals surface area contributed by atoms with E-state index in [-0.39, 0.29) is 11.7 Å². The highest BCUT2D eigenvalue weighted by Crippen LogP contribution is 2.50. The van der Waals surface area contributed by atoms with Crippen molar-refractivity contribution in [2.45, 2.75) is 18.6 Å². The number of ether oxygens (including phenoxy) is 1. The Morgan fingerprint density at radius 2 is 2.46 bits per heavy atom. The zero-order valence-corrected chi connectivity index (χ0v) is 6.91. The van der Waals surface area contributed by atoms with E-state index in [0.29, 0.717) is 11.5 Å². The number of carbonyl (C=O) groups excluding carboxylic acids is 1. The molecule has 68 valence electrons. The Bertz CT molecular complexity index is 354. The Hall–Kier alpha value is -1.45. The molecule has 2 bridgehead atoms. The Labute approximate surface area is 74.9 Å². The molecule has 0 aromatic heterocycles. The number of rotatable bonds is 1. The van der Waals surface area contributed by atoms with Crippen molar-refractivity contribution in [3.8, 4) is 0 Å². The first-order chi connectivity index (χ1) is 6.26. The lowest BCUT2D eigenvalue weighted by atomic mass is 9.90. The Morgan fingerprint density at radius 3 is 3.00 bits per heavy atom. The number of allylic oxidation sites excluding steroid dienone is 1. The number of ketones is 1. The molecule has 2 fully saturated rings. The summed E-state index contributed by atoms with van der Waals surface area (Å²) in [6, 6.07) is 0. The molecule has 3 heterocycles. The van der Waals surface area contributed by atoms with Gasteiger partial charge in [0.2, 0.25) is 0 Å². The van der Waals surface area contributed by atoms with Gasteiger partial charge in [-0.2, -0.15) is 0 Å². The predicted molar refractivity (Wildman–Crippen MR) is 43.5 cm³/mol. The van der Waals surface area contributed by atoms with Crippen LogP contribution in [0.15, 0.2) is 23.8 Å².